The summed E-state index contributed by atoms with van der Waals surface area (Å²) in [6.45, 7) is 1.31. The maximum atomic E-state index is 12.6. The molecule has 3 aromatic rings. The number of benzene rings is 3. The topological polar surface area (TPSA) is 76.7 Å². The molecule has 0 saturated carbocycles. The fraction of sp³-hybridized carbons (Fsp3) is 0.200. The number of carbonyl (C=O) groups is 2. The van der Waals surface area contributed by atoms with Gasteiger partial charge in [0.2, 0.25) is 0 Å². The van der Waals surface area contributed by atoms with Crippen LogP contribution in [0, 0.1) is 0 Å². The maximum absolute atomic E-state index is 12.6. The fourth-order valence-corrected chi connectivity index (χ4v) is 3.33. The molecule has 31 heavy (non-hydrogen) atoms. The van der Waals surface area contributed by atoms with Crippen LogP contribution in [0.5, 0.6) is 5.75 Å². The molecule has 1 unspecified atom stereocenters. The number of ether oxygens (including phenoxy) is 2. The predicted molar refractivity (Wildman–Crippen MR) is 120 cm³/mol. The van der Waals surface area contributed by atoms with Crippen LogP contribution < -0.4 is 15.4 Å². The summed E-state index contributed by atoms with van der Waals surface area (Å²) in [5, 5.41) is 5.67. The Morgan fingerprint density at radius 1 is 0.839 bits per heavy atom. The molecule has 0 bridgehead atoms. The van der Waals surface area contributed by atoms with Crippen LogP contribution >= 0.6 is 0 Å². The Labute approximate surface area is 181 Å². The van der Waals surface area contributed by atoms with Crippen molar-refractivity contribution < 1.29 is 19.1 Å². The van der Waals surface area contributed by atoms with E-state index in [1.54, 1.807) is 48.5 Å². The molecule has 1 fully saturated rings. The van der Waals surface area contributed by atoms with E-state index in [4.69, 9.17) is 9.47 Å². The molecule has 6 heteroatoms. The fourth-order valence-electron chi connectivity index (χ4n) is 3.33. The lowest BCUT2D eigenvalue weighted by Crippen LogP contribution is -2.16. The van der Waals surface area contributed by atoms with Gasteiger partial charge < -0.3 is 20.1 Å². The van der Waals surface area contributed by atoms with E-state index in [0.29, 0.717) is 34.9 Å². The van der Waals surface area contributed by atoms with E-state index >= 15 is 0 Å². The van der Waals surface area contributed by atoms with E-state index in [2.05, 4.69) is 10.6 Å². The van der Waals surface area contributed by atoms with Gasteiger partial charge in [-0.2, -0.15) is 0 Å². The number of rotatable bonds is 7. The third-order valence-corrected chi connectivity index (χ3v) is 4.99. The Hall–Kier alpha value is -3.64. The lowest BCUT2D eigenvalue weighted by Gasteiger charge is -2.12. The molecule has 4 rings (SSSR count). The Morgan fingerprint density at radius 2 is 1.55 bits per heavy atom. The summed E-state index contributed by atoms with van der Waals surface area (Å²) in [4.78, 5) is 25.1. The minimum absolute atomic E-state index is 0.148. The van der Waals surface area contributed by atoms with Gasteiger partial charge in [0.1, 0.15) is 12.4 Å². The first kappa shape index (κ1) is 20.6. The van der Waals surface area contributed by atoms with Crippen molar-refractivity contribution in [3.63, 3.8) is 0 Å². The van der Waals surface area contributed by atoms with E-state index in [0.717, 1.165) is 19.4 Å². The number of hydrogen-bond donors (Lipinski definition) is 2. The number of amides is 2. The number of hydrogen-bond acceptors (Lipinski definition) is 4. The molecule has 0 spiro atoms. The lowest BCUT2D eigenvalue weighted by atomic mass is 10.1. The summed E-state index contributed by atoms with van der Waals surface area (Å²) < 4.78 is 11.3. The molecular formula is C25H24N2O4. The standard InChI is InChI=1S/C25H24N2O4/c28-24(18-11-13-22(14-12-18)31-17-23-10-5-15-30-23)27-21-9-4-6-19(16-21)25(29)26-20-7-2-1-3-8-20/h1-4,6-9,11-14,16,23H,5,10,15,17H2,(H,26,29)(H,27,28). The number of anilines is 2. The van der Waals surface area contributed by atoms with Gasteiger partial charge in [0.25, 0.3) is 11.8 Å². The molecule has 2 N–H and O–H groups in total. The molecule has 2 amide bonds. The largest absolute Gasteiger partial charge is 0.491 e. The third kappa shape index (κ3) is 5.71. The molecule has 1 heterocycles. The second kappa shape index (κ2) is 9.91. The summed E-state index contributed by atoms with van der Waals surface area (Å²) in [5.41, 5.74) is 2.22. The van der Waals surface area contributed by atoms with Crippen LogP contribution in [0.2, 0.25) is 0 Å². The van der Waals surface area contributed by atoms with E-state index < -0.39 is 0 Å². The number of nitrogens with one attached hydrogen (secondary N) is 2. The average molecular weight is 416 g/mol. The second-order valence-corrected chi connectivity index (χ2v) is 7.33. The molecule has 6 nitrogen and oxygen atoms in total. The molecular weight excluding hydrogens is 392 g/mol. The zero-order valence-electron chi connectivity index (χ0n) is 17.0. The SMILES string of the molecule is O=C(Nc1cccc(C(=O)Nc2ccccc2)c1)c1ccc(OCC2CCCO2)cc1. The summed E-state index contributed by atoms with van der Waals surface area (Å²) in [6.07, 6.45) is 2.24. The normalized spacial score (nSPS) is 15.3. The molecule has 1 saturated heterocycles. The first-order valence-corrected chi connectivity index (χ1v) is 10.3. The van der Waals surface area contributed by atoms with Crippen LogP contribution in [0.15, 0.2) is 78.9 Å². The van der Waals surface area contributed by atoms with Gasteiger partial charge in [-0.15, -0.1) is 0 Å². The van der Waals surface area contributed by atoms with Crippen molar-refractivity contribution in [1.29, 1.82) is 0 Å². The van der Waals surface area contributed by atoms with Crippen LogP contribution in [-0.4, -0.2) is 31.1 Å². The van der Waals surface area contributed by atoms with Gasteiger partial charge in [-0.05, 0) is 67.4 Å². The molecule has 1 atom stereocenters. The van der Waals surface area contributed by atoms with Crippen molar-refractivity contribution >= 4 is 23.2 Å². The molecule has 0 radical (unpaired) electrons. The monoisotopic (exact) mass is 416 g/mol. The third-order valence-electron chi connectivity index (χ3n) is 4.99. The predicted octanol–water partition coefficient (Wildman–Crippen LogP) is 4.75. The zero-order valence-corrected chi connectivity index (χ0v) is 17.0. The average Bonchev–Trinajstić information content (AvgIpc) is 3.33. The highest BCUT2D eigenvalue weighted by atomic mass is 16.5. The van der Waals surface area contributed by atoms with Crippen LogP contribution in [0.3, 0.4) is 0 Å². The first-order chi connectivity index (χ1) is 15.2. The van der Waals surface area contributed by atoms with Crippen LogP contribution in [0.25, 0.3) is 0 Å². The van der Waals surface area contributed by atoms with Crippen molar-refractivity contribution in [3.05, 3.63) is 90.0 Å². The van der Waals surface area contributed by atoms with Gasteiger partial charge in [0, 0.05) is 29.1 Å². The smallest absolute Gasteiger partial charge is 0.255 e. The maximum Gasteiger partial charge on any atom is 0.255 e. The van der Waals surface area contributed by atoms with Crippen LogP contribution in [0.1, 0.15) is 33.6 Å². The van der Waals surface area contributed by atoms with E-state index in [1.807, 2.05) is 30.3 Å². The minimum Gasteiger partial charge on any atom is -0.491 e. The summed E-state index contributed by atoms with van der Waals surface area (Å²) in [5.74, 6) is 0.202. The van der Waals surface area contributed by atoms with Gasteiger partial charge in [-0.25, -0.2) is 0 Å². The van der Waals surface area contributed by atoms with Gasteiger partial charge in [-0.3, -0.25) is 9.59 Å². The Kier molecular flexibility index (Phi) is 6.59. The van der Waals surface area contributed by atoms with Crippen LogP contribution in [0.4, 0.5) is 11.4 Å². The molecule has 1 aliphatic heterocycles. The highest BCUT2D eigenvalue weighted by Crippen LogP contribution is 2.18. The zero-order chi connectivity index (χ0) is 21.5. The van der Waals surface area contributed by atoms with Crippen molar-refractivity contribution in [3.8, 4) is 5.75 Å². The van der Waals surface area contributed by atoms with E-state index in [1.165, 1.54) is 0 Å². The lowest BCUT2D eigenvalue weighted by molar-refractivity contribution is 0.0679. The Balaban J connectivity index is 1.34. The summed E-state index contributed by atoms with van der Waals surface area (Å²) in [6, 6.07) is 23.0. The second-order valence-electron chi connectivity index (χ2n) is 7.33. The Bertz CT molecular complexity index is 1030. The molecule has 1 aliphatic rings. The summed E-state index contributed by atoms with van der Waals surface area (Å²) in [7, 11) is 0. The molecule has 3 aromatic carbocycles. The molecule has 158 valence electrons. The highest BCUT2D eigenvalue weighted by Gasteiger charge is 2.16. The van der Waals surface area contributed by atoms with Crippen LogP contribution in [-0.2, 0) is 4.74 Å². The number of carbonyl (C=O) groups excluding carboxylic acids is 2. The van der Waals surface area contributed by atoms with Gasteiger partial charge >= 0.3 is 0 Å². The van der Waals surface area contributed by atoms with Gasteiger partial charge in [0.15, 0.2) is 0 Å². The first-order valence-electron chi connectivity index (χ1n) is 10.3. The highest BCUT2D eigenvalue weighted by molar-refractivity contribution is 6.07. The van der Waals surface area contributed by atoms with Crippen molar-refractivity contribution in [2.24, 2.45) is 0 Å². The number of para-hydroxylation sites is 1. The van der Waals surface area contributed by atoms with E-state index in [9.17, 15) is 9.59 Å². The van der Waals surface area contributed by atoms with Gasteiger partial charge in [-0.1, -0.05) is 24.3 Å². The van der Waals surface area contributed by atoms with Crippen molar-refractivity contribution in [2.75, 3.05) is 23.8 Å². The quantitative estimate of drug-likeness (QED) is 0.583. The minimum atomic E-state index is -0.258. The molecule has 0 aromatic heterocycles. The molecule has 0 aliphatic carbocycles. The van der Waals surface area contributed by atoms with Crippen molar-refractivity contribution in [1.82, 2.24) is 0 Å². The van der Waals surface area contributed by atoms with E-state index in [-0.39, 0.29) is 17.9 Å². The summed E-state index contributed by atoms with van der Waals surface area (Å²) >= 11 is 0. The van der Waals surface area contributed by atoms with Crippen molar-refractivity contribution in [2.45, 2.75) is 18.9 Å². The Morgan fingerprint density at radius 3 is 2.29 bits per heavy atom. The van der Waals surface area contributed by atoms with Gasteiger partial charge in [0.05, 0.1) is 6.10 Å².